The average Bonchev–Trinajstić information content (AvgIpc) is 2.77. The van der Waals surface area contributed by atoms with Gasteiger partial charge in [0, 0.05) is 25.2 Å². The fraction of sp³-hybridized carbons (Fsp3) is 0.500. The number of anilines is 1. The highest BCUT2D eigenvalue weighted by atomic mass is 19.1. The number of nitrogens with two attached hydrogens (primary N) is 1. The van der Waals surface area contributed by atoms with Crippen LogP contribution in [0.25, 0.3) is 0 Å². The van der Waals surface area contributed by atoms with Crippen LogP contribution >= 0.6 is 0 Å². The zero-order valence-electron chi connectivity index (χ0n) is 11.4. The van der Waals surface area contributed by atoms with Gasteiger partial charge in [0.05, 0.1) is 5.69 Å². The molecule has 1 aromatic rings. The Morgan fingerprint density at radius 3 is 2.89 bits per heavy atom. The predicted octanol–water partition coefficient (Wildman–Crippen LogP) is 1.57. The largest absolute Gasteiger partial charge is 0.396 e. The monoisotopic (exact) mass is 265 g/mol. The molecule has 0 radical (unpaired) electrons. The molecule has 0 bridgehead atoms. The molecule has 1 atom stereocenters. The van der Waals surface area contributed by atoms with E-state index in [1.54, 1.807) is 11.9 Å². The number of nitrogen functional groups attached to an aromatic ring is 1. The Balaban J connectivity index is 2.03. The van der Waals surface area contributed by atoms with E-state index in [1.807, 2.05) is 0 Å². The standard InChI is InChI=1S/C14H20FN3O/c1-17-7-3-4-11(17)9-18(2)14(19)10-5-6-12(15)13(16)8-10/h5-6,8,11H,3-4,7,9,16H2,1-2H3. The van der Waals surface area contributed by atoms with Gasteiger partial charge in [-0.15, -0.1) is 0 Å². The van der Waals surface area contributed by atoms with Crippen molar-refractivity contribution in [2.45, 2.75) is 18.9 Å². The molecule has 0 spiro atoms. The van der Waals surface area contributed by atoms with Crippen LogP contribution in [0.4, 0.5) is 10.1 Å². The van der Waals surface area contributed by atoms with Crippen molar-refractivity contribution in [3.63, 3.8) is 0 Å². The Morgan fingerprint density at radius 2 is 2.32 bits per heavy atom. The lowest BCUT2D eigenvalue weighted by Gasteiger charge is -2.26. The minimum atomic E-state index is -0.491. The van der Waals surface area contributed by atoms with Crippen molar-refractivity contribution in [1.29, 1.82) is 0 Å². The Morgan fingerprint density at radius 1 is 1.58 bits per heavy atom. The Hall–Kier alpha value is -1.62. The van der Waals surface area contributed by atoms with Gasteiger partial charge in [-0.3, -0.25) is 4.79 Å². The number of likely N-dealkylation sites (tertiary alicyclic amines) is 1. The van der Waals surface area contributed by atoms with Crippen LogP contribution in [-0.2, 0) is 0 Å². The minimum absolute atomic E-state index is 0.0113. The average molecular weight is 265 g/mol. The van der Waals surface area contributed by atoms with Gasteiger partial charge in [0.15, 0.2) is 0 Å². The lowest BCUT2D eigenvalue weighted by atomic mass is 10.1. The van der Waals surface area contributed by atoms with Crippen molar-refractivity contribution < 1.29 is 9.18 Å². The summed E-state index contributed by atoms with van der Waals surface area (Å²) in [6, 6.07) is 4.51. The Labute approximate surface area is 113 Å². The van der Waals surface area contributed by atoms with E-state index in [4.69, 9.17) is 5.73 Å². The number of rotatable bonds is 3. The summed E-state index contributed by atoms with van der Waals surface area (Å²) in [5.41, 5.74) is 5.93. The molecule has 1 fully saturated rings. The van der Waals surface area contributed by atoms with E-state index < -0.39 is 5.82 Å². The van der Waals surface area contributed by atoms with Crippen LogP contribution in [-0.4, -0.2) is 48.9 Å². The molecule has 2 N–H and O–H groups in total. The van der Waals surface area contributed by atoms with Crippen LogP contribution in [0.5, 0.6) is 0 Å². The third-order valence-corrected chi connectivity index (χ3v) is 3.75. The van der Waals surface area contributed by atoms with Gasteiger partial charge in [-0.25, -0.2) is 4.39 Å². The zero-order valence-corrected chi connectivity index (χ0v) is 11.4. The SMILES string of the molecule is CN(CC1CCCN1C)C(=O)c1ccc(F)c(N)c1. The number of benzene rings is 1. The van der Waals surface area contributed by atoms with Crippen molar-refractivity contribution in [1.82, 2.24) is 9.80 Å². The number of nitrogens with zero attached hydrogens (tertiary/aromatic N) is 2. The Kier molecular flexibility index (Phi) is 4.04. The summed E-state index contributed by atoms with van der Waals surface area (Å²) in [6.45, 7) is 1.77. The van der Waals surface area contributed by atoms with Gasteiger partial charge in [0.2, 0.25) is 0 Å². The predicted molar refractivity (Wildman–Crippen MR) is 73.4 cm³/mol. The van der Waals surface area contributed by atoms with Crippen LogP contribution in [0.1, 0.15) is 23.2 Å². The van der Waals surface area contributed by atoms with Gasteiger partial charge in [-0.05, 0) is 44.6 Å². The summed E-state index contributed by atoms with van der Waals surface area (Å²) in [6.07, 6.45) is 2.28. The highest BCUT2D eigenvalue weighted by Gasteiger charge is 2.24. The molecule has 0 aromatic heterocycles. The molecule has 1 aromatic carbocycles. The number of hydrogen-bond acceptors (Lipinski definition) is 3. The second-order valence-corrected chi connectivity index (χ2v) is 5.20. The van der Waals surface area contributed by atoms with E-state index in [0.717, 1.165) is 13.0 Å². The van der Waals surface area contributed by atoms with E-state index >= 15 is 0 Å². The second kappa shape index (κ2) is 5.57. The van der Waals surface area contributed by atoms with E-state index in [2.05, 4.69) is 11.9 Å². The van der Waals surface area contributed by atoms with Gasteiger partial charge < -0.3 is 15.5 Å². The van der Waals surface area contributed by atoms with Gasteiger partial charge in [-0.2, -0.15) is 0 Å². The molecule has 1 unspecified atom stereocenters. The molecule has 0 aliphatic carbocycles. The molecule has 104 valence electrons. The molecule has 1 aliphatic rings. The van der Waals surface area contributed by atoms with Crippen molar-refractivity contribution in [3.8, 4) is 0 Å². The number of amides is 1. The van der Waals surface area contributed by atoms with E-state index in [0.29, 0.717) is 18.2 Å². The second-order valence-electron chi connectivity index (χ2n) is 5.20. The van der Waals surface area contributed by atoms with Crippen LogP contribution in [0.3, 0.4) is 0 Å². The molecule has 1 heterocycles. The number of carbonyl (C=O) groups is 1. The van der Waals surface area contributed by atoms with Gasteiger partial charge in [0.25, 0.3) is 5.91 Å². The maximum Gasteiger partial charge on any atom is 0.253 e. The number of hydrogen-bond donors (Lipinski definition) is 1. The zero-order chi connectivity index (χ0) is 14.0. The number of carbonyl (C=O) groups excluding carboxylic acids is 1. The van der Waals surface area contributed by atoms with Crippen molar-refractivity contribution in [3.05, 3.63) is 29.6 Å². The van der Waals surface area contributed by atoms with Gasteiger partial charge in [0.1, 0.15) is 5.82 Å². The third-order valence-electron chi connectivity index (χ3n) is 3.75. The smallest absolute Gasteiger partial charge is 0.253 e. The molecule has 1 amide bonds. The van der Waals surface area contributed by atoms with Crippen LogP contribution < -0.4 is 5.73 Å². The highest BCUT2D eigenvalue weighted by Crippen LogP contribution is 2.17. The van der Waals surface area contributed by atoms with Crippen molar-refractivity contribution >= 4 is 11.6 Å². The van der Waals surface area contributed by atoms with Crippen molar-refractivity contribution in [2.24, 2.45) is 0 Å². The molecule has 1 saturated heterocycles. The summed E-state index contributed by atoms with van der Waals surface area (Å²) < 4.78 is 13.1. The lowest BCUT2D eigenvalue weighted by Crippen LogP contribution is -2.39. The molecule has 5 heteroatoms. The Bertz CT molecular complexity index is 478. The highest BCUT2D eigenvalue weighted by molar-refractivity contribution is 5.94. The molecule has 19 heavy (non-hydrogen) atoms. The summed E-state index contributed by atoms with van der Waals surface area (Å²) >= 11 is 0. The van der Waals surface area contributed by atoms with Crippen molar-refractivity contribution in [2.75, 3.05) is 32.9 Å². The lowest BCUT2D eigenvalue weighted by molar-refractivity contribution is 0.0761. The van der Waals surface area contributed by atoms with Gasteiger partial charge >= 0.3 is 0 Å². The first kappa shape index (κ1) is 13.8. The fourth-order valence-corrected chi connectivity index (χ4v) is 2.51. The van der Waals surface area contributed by atoms with E-state index in [-0.39, 0.29) is 11.6 Å². The quantitative estimate of drug-likeness (QED) is 0.844. The summed E-state index contributed by atoms with van der Waals surface area (Å²) in [4.78, 5) is 16.2. The normalized spacial score (nSPS) is 19.6. The maximum absolute atomic E-state index is 13.1. The molecule has 2 rings (SSSR count). The summed E-state index contributed by atoms with van der Waals surface area (Å²) in [5, 5.41) is 0. The first-order chi connectivity index (χ1) is 8.99. The summed E-state index contributed by atoms with van der Waals surface area (Å²) in [7, 11) is 3.85. The minimum Gasteiger partial charge on any atom is -0.396 e. The van der Waals surface area contributed by atoms with E-state index in [1.165, 1.54) is 24.6 Å². The van der Waals surface area contributed by atoms with E-state index in [9.17, 15) is 9.18 Å². The van der Waals surface area contributed by atoms with Gasteiger partial charge in [-0.1, -0.05) is 0 Å². The fourth-order valence-electron chi connectivity index (χ4n) is 2.51. The molecule has 4 nitrogen and oxygen atoms in total. The first-order valence-electron chi connectivity index (χ1n) is 6.50. The summed E-state index contributed by atoms with van der Waals surface area (Å²) in [5.74, 6) is -0.610. The first-order valence-corrected chi connectivity index (χ1v) is 6.50. The van der Waals surface area contributed by atoms with Crippen LogP contribution in [0.2, 0.25) is 0 Å². The molecular formula is C14H20FN3O. The topological polar surface area (TPSA) is 49.6 Å². The number of halogens is 1. The van der Waals surface area contributed by atoms with Crippen LogP contribution in [0.15, 0.2) is 18.2 Å². The molecule has 1 aliphatic heterocycles. The number of likely N-dealkylation sites (N-methyl/N-ethyl adjacent to an activating group) is 2. The maximum atomic E-state index is 13.1. The third kappa shape index (κ3) is 3.04. The molecular weight excluding hydrogens is 245 g/mol. The molecule has 0 saturated carbocycles. The van der Waals surface area contributed by atoms with Crippen LogP contribution in [0, 0.1) is 5.82 Å².